The Balaban J connectivity index is 3.24. The monoisotopic (exact) mass is 431 g/mol. The fraction of sp³-hybridized carbons (Fsp3) is 0.522. The van der Waals surface area contributed by atoms with E-state index >= 15 is 0 Å². The highest BCUT2D eigenvalue weighted by Crippen LogP contribution is 2.23. The molecular weight excluding hydrogens is 398 g/mol. The largest absolute Gasteiger partial charge is 0.444 e. The lowest BCUT2D eigenvalue weighted by Gasteiger charge is -2.33. The number of aliphatic hydroxyl groups is 1. The first-order valence-corrected chi connectivity index (χ1v) is 10.2. The molecule has 3 amide bonds. The van der Waals surface area contributed by atoms with Crippen LogP contribution in [0.4, 0.5) is 4.79 Å². The van der Waals surface area contributed by atoms with E-state index in [1.165, 1.54) is 11.8 Å². The Hall–Kier alpha value is -3.05. The van der Waals surface area contributed by atoms with Crippen LogP contribution in [0, 0.1) is 12.3 Å². The van der Waals surface area contributed by atoms with Crippen molar-refractivity contribution in [2.24, 2.45) is 0 Å². The van der Waals surface area contributed by atoms with Crippen molar-refractivity contribution in [1.29, 1.82) is 0 Å². The molecule has 0 bridgehead atoms. The van der Waals surface area contributed by atoms with Gasteiger partial charge in [-0.1, -0.05) is 18.1 Å². The van der Waals surface area contributed by atoms with Crippen molar-refractivity contribution in [3.05, 3.63) is 35.4 Å². The van der Waals surface area contributed by atoms with Crippen molar-refractivity contribution in [2.45, 2.75) is 65.3 Å². The molecule has 8 nitrogen and oxygen atoms in total. The number of benzene rings is 1. The number of aliphatic hydroxyl groups excluding tert-OH is 1. The third-order valence-corrected chi connectivity index (χ3v) is 4.11. The number of hydrogen-bond acceptors (Lipinski definition) is 5. The second-order valence-electron chi connectivity index (χ2n) is 8.46. The van der Waals surface area contributed by atoms with Gasteiger partial charge in [0, 0.05) is 18.2 Å². The zero-order valence-electron chi connectivity index (χ0n) is 19.1. The Bertz CT molecular complexity index is 806. The first kappa shape index (κ1) is 26.0. The summed E-state index contributed by atoms with van der Waals surface area (Å²) in [6, 6.07) is 4.53. The van der Waals surface area contributed by atoms with Gasteiger partial charge in [0.2, 0.25) is 11.8 Å². The van der Waals surface area contributed by atoms with Gasteiger partial charge in [-0.2, -0.15) is 0 Å². The first-order chi connectivity index (χ1) is 14.4. The molecule has 0 heterocycles. The molecule has 1 rings (SSSR count). The van der Waals surface area contributed by atoms with Crippen molar-refractivity contribution in [3.63, 3.8) is 0 Å². The van der Waals surface area contributed by atoms with Gasteiger partial charge < -0.3 is 25.4 Å². The molecule has 31 heavy (non-hydrogen) atoms. The van der Waals surface area contributed by atoms with Crippen LogP contribution in [0.25, 0.3) is 0 Å². The van der Waals surface area contributed by atoms with Gasteiger partial charge >= 0.3 is 6.09 Å². The molecule has 0 radical (unpaired) electrons. The Kier molecular flexibility index (Phi) is 9.53. The zero-order chi connectivity index (χ0) is 23.8. The molecule has 8 heteroatoms. The number of nitrogens with zero attached hydrogens (tertiary/aromatic N) is 1. The highest BCUT2D eigenvalue weighted by Gasteiger charge is 2.34. The number of nitrogens with one attached hydrogen (secondary N) is 2. The van der Waals surface area contributed by atoms with Crippen molar-refractivity contribution >= 4 is 17.9 Å². The maximum absolute atomic E-state index is 13.2. The lowest BCUT2D eigenvalue weighted by molar-refractivity contribution is -0.143. The summed E-state index contributed by atoms with van der Waals surface area (Å²) in [7, 11) is 0. The Morgan fingerprint density at radius 3 is 2.16 bits per heavy atom. The lowest BCUT2D eigenvalue weighted by Crippen LogP contribution is -2.53. The standard InChI is InChI=1S/C23H33N3O5/c1-8-17-9-11-18(12-10-17)19(20(28)24-15(2)3)26(13-14-27)21(29)16(4)25-22(30)31-23(5,6)7/h1,9-12,15-16,19,27H,13-14H2,2-7H3,(H,24,28)(H,25,30). The molecule has 0 fully saturated rings. The van der Waals surface area contributed by atoms with Gasteiger partial charge in [-0.3, -0.25) is 9.59 Å². The Labute approximate surface area is 184 Å². The normalized spacial score (nSPS) is 13.0. The van der Waals surface area contributed by atoms with E-state index in [2.05, 4.69) is 16.6 Å². The summed E-state index contributed by atoms with van der Waals surface area (Å²) in [6.07, 6.45) is 4.66. The summed E-state index contributed by atoms with van der Waals surface area (Å²) in [5, 5.41) is 14.9. The molecule has 1 aromatic carbocycles. The van der Waals surface area contributed by atoms with Gasteiger partial charge in [-0.15, -0.1) is 6.42 Å². The summed E-state index contributed by atoms with van der Waals surface area (Å²) in [4.78, 5) is 39.6. The maximum atomic E-state index is 13.2. The minimum atomic E-state index is -1.02. The molecule has 0 aliphatic carbocycles. The fourth-order valence-electron chi connectivity index (χ4n) is 2.87. The first-order valence-electron chi connectivity index (χ1n) is 10.2. The third kappa shape index (κ3) is 8.30. The van der Waals surface area contributed by atoms with Gasteiger partial charge in [0.15, 0.2) is 0 Å². The number of carbonyl (C=O) groups excluding carboxylic acids is 3. The minimum Gasteiger partial charge on any atom is -0.444 e. The van der Waals surface area contributed by atoms with Gasteiger partial charge in [0.05, 0.1) is 6.61 Å². The Morgan fingerprint density at radius 2 is 1.71 bits per heavy atom. The summed E-state index contributed by atoms with van der Waals surface area (Å²) >= 11 is 0. The minimum absolute atomic E-state index is 0.105. The fourth-order valence-corrected chi connectivity index (χ4v) is 2.87. The van der Waals surface area contributed by atoms with E-state index in [4.69, 9.17) is 11.2 Å². The SMILES string of the molecule is C#Cc1ccc(C(C(=O)NC(C)C)N(CCO)C(=O)C(C)NC(=O)OC(C)(C)C)cc1. The number of amides is 3. The average molecular weight is 432 g/mol. The smallest absolute Gasteiger partial charge is 0.408 e. The van der Waals surface area contributed by atoms with Crippen LogP contribution < -0.4 is 10.6 Å². The van der Waals surface area contributed by atoms with E-state index in [-0.39, 0.29) is 19.2 Å². The molecule has 3 N–H and O–H groups in total. The van der Waals surface area contributed by atoms with E-state index in [1.807, 2.05) is 0 Å². The molecule has 2 unspecified atom stereocenters. The van der Waals surface area contributed by atoms with Crippen LogP contribution in [0.1, 0.15) is 58.7 Å². The van der Waals surface area contributed by atoms with Crippen LogP contribution in [0.2, 0.25) is 0 Å². The van der Waals surface area contributed by atoms with Gasteiger partial charge in [0.25, 0.3) is 0 Å². The summed E-state index contributed by atoms with van der Waals surface area (Å²) in [5.74, 6) is 1.56. The van der Waals surface area contributed by atoms with E-state index in [1.54, 1.807) is 58.9 Å². The lowest BCUT2D eigenvalue weighted by atomic mass is 10.0. The van der Waals surface area contributed by atoms with Crippen molar-refractivity contribution in [3.8, 4) is 12.3 Å². The Morgan fingerprint density at radius 1 is 1.13 bits per heavy atom. The highest BCUT2D eigenvalue weighted by atomic mass is 16.6. The predicted octanol–water partition coefficient (Wildman–Crippen LogP) is 1.97. The van der Waals surface area contributed by atoms with Crippen LogP contribution in [-0.4, -0.2) is 58.8 Å². The second kappa shape index (κ2) is 11.4. The molecule has 0 aliphatic heterocycles. The number of alkyl carbamates (subject to hydrolysis) is 1. The van der Waals surface area contributed by atoms with E-state index in [9.17, 15) is 19.5 Å². The molecule has 0 spiro atoms. The number of ether oxygens (including phenoxy) is 1. The van der Waals surface area contributed by atoms with Crippen LogP contribution in [0.3, 0.4) is 0 Å². The quantitative estimate of drug-likeness (QED) is 0.546. The van der Waals surface area contributed by atoms with Crippen LogP contribution >= 0.6 is 0 Å². The topological polar surface area (TPSA) is 108 Å². The third-order valence-electron chi connectivity index (χ3n) is 4.11. The highest BCUT2D eigenvalue weighted by molar-refractivity contribution is 5.92. The van der Waals surface area contributed by atoms with Gasteiger partial charge in [-0.05, 0) is 59.2 Å². The number of carbonyl (C=O) groups is 3. The zero-order valence-corrected chi connectivity index (χ0v) is 19.1. The maximum Gasteiger partial charge on any atom is 0.408 e. The van der Waals surface area contributed by atoms with E-state index in [0.29, 0.717) is 11.1 Å². The number of rotatable bonds is 8. The van der Waals surface area contributed by atoms with E-state index in [0.717, 1.165) is 0 Å². The average Bonchev–Trinajstić information content (AvgIpc) is 2.65. The van der Waals surface area contributed by atoms with Gasteiger partial charge in [0.1, 0.15) is 17.7 Å². The van der Waals surface area contributed by atoms with Crippen LogP contribution in [-0.2, 0) is 14.3 Å². The van der Waals surface area contributed by atoms with Crippen LogP contribution in [0.15, 0.2) is 24.3 Å². The van der Waals surface area contributed by atoms with E-state index < -0.39 is 35.6 Å². The van der Waals surface area contributed by atoms with Crippen molar-refractivity contribution in [2.75, 3.05) is 13.2 Å². The molecule has 0 aliphatic rings. The van der Waals surface area contributed by atoms with Crippen molar-refractivity contribution in [1.82, 2.24) is 15.5 Å². The number of terminal acetylenes is 1. The van der Waals surface area contributed by atoms with Gasteiger partial charge in [-0.25, -0.2) is 4.79 Å². The molecule has 2 atom stereocenters. The molecule has 0 saturated carbocycles. The summed E-state index contributed by atoms with van der Waals surface area (Å²) in [6.45, 7) is 9.78. The summed E-state index contributed by atoms with van der Waals surface area (Å²) in [5.41, 5.74) is 0.436. The predicted molar refractivity (Wildman–Crippen MR) is 118 cm³/mol. The molecule has 0 saturated heterocycles. The summed E-state index contributed by atoms with van der Waals surface area (Å²) < 4.78 is 5.20. The number of hydrogen-bond donors (Lipinski definition) is 3. The molecule has 1 aromatic rings. The molecule has 0 aromatic heterocycles. The van der Waals surface area contributed by atoms with Crippen LogP contribution in [0.5, 0.6) is 0 Å². The molecular formula is C23H33N3O5. The molecule has 170 valence electrons. The second-order valence-corrected chi connectivity index (χ2v) is 8.46. The van der Waals surface area contributed by atoms with Crippen molar-refractivity contribution < 1.29 is 24.2 Å².